The summed E-state index contributed by atoms with van der Waals surface area (Å²) in [6.07, 6.45) is 5.40. The lowest BCUT2D eigenvalue weighted by Crippen LogP contribution is -2.49. The number of nitrogens with zero attached hydrogens (tertiary/aromatic N) is 2. The highest BCUT2D eigenvalue weighted by atomic mass is 16.2. The van der Waals surface area contributed by atoms with Gasteiger partial charge in [0, 0.05) is 17.2 Å². The van der Waals surface area contributed by atoms with Crippen molar-refractivity contribution in [2.75, 3.05) is 4.90 Å². The van der Waals surface area contributed by atoms with Crippen molar-refractivity contribution in [2.45, 2.75) is 58.0 Å². The number of carbonyl (C=O) groups is 2. The molecule has 1 heterocycles. The van der Waals surface area contributed by atoms with Crippen LogP contribution < -0.4 is 10.2 Å². The van der Waals surface area contributed by atoms with Crippen molar-refractivity contribution < 1.29 is 9.59 Å². The van der Waals surface area contributed by atoms with Gasteiger partial charge >= 0.3 is 0 Å². The van der Waals surface area contributed by atoms with Crippen LogP contribution in [0, 0.1) is 13.8 Å². The van der Waals surface area contributed by atoms with Gasteiger partial charge in [-0.1, -0.05) is 86.0 Å². The number of amides is 2. The largest absolute Gasteiger partial charge is 0.351 e. The topological polar surface area (TPSA) is 61.8 Å². The highest BCUT2D eigenvalue weighted by Gasteiger charge is 2.40. The first-order chi connectivity index (χ1) is 17.0. The van der Waals surface area contributed by atoms with Gasteiger partial charge in [-0.05, 0) is 43.9 Å². The van der Waals surface area contributed by atoms with Crippen molar-refractivity contribution in [3.63, 3.8) is 0 Å². The zero-order chi connectivity index (χ0) is 24.4. The lowest BCUT2D eigenvalue weighted by atomic mass is 9.94. The van der Waals surface area contributed by atoms with Gasteiger partial charge in [0.15, 0.2) is 0 Å². The predicted molar refractivity (Wildman–Crippen MR) is 140 cm³/mol. The van der Waals surface area contributed by atoms with Crippen molar-refractivity contribution in [2.24, 2.45) is 4.99 Å². The Morgan fingerprint density at radius 3 is 2.23 bits per heavy atom. The molecule has 1 aliphatic heterocycles. The molecular formula is C30H31N3O2. The minimum absolute atomic E-state index is 0.135. The van der Waals surface area contributed by atoms with E-state index in [2.05, 4.69) is 5.32 Å². The molecular weight excluding hydrogens is 434 g/mol. The molecule has 3 aromatic rings. The van der Waals surface area contributed by atoms with Gasteiger partial charge in [-0.3, -0.25) is 14.5 Å². The van der Waals surface area contributed by atoms with Crippen LogP contribution in [0.3, 0.4) is 0 Å². The van der Waals surface area contributed by atoms with Gasteiger partial charge in [-0.15, -0.1) is 0 Å². The third-order valence-corrected chi connectivity index (χ3v) is 7.07. The molecule has 0 bridgehead atoms. The van der Waals surface area contributed by atoms with Crippen molar-refractivity contribution in [1.29, 1.82) is 0 Å². The maximum Gasteiger partial charge on any atom is 0.278 e. The van der Waals surface area contributed by atoms with E-state index in [9.17, 15) is 9.59 Å². The molecule has 0 spiro atoms. The fourth-order valence-electron chi connectivity index (χ4n) is 5.35. The van der Waals surface area contributed by atoms with Crippen LogP contribution in [-0.2, 0) is 9.59 Å². The van der Waals surface area contributed by atoms with E-state index in [1.165, 1.54) is 6.42 Å². The molecule has 3 aromatic carbocycles. The number of aliphatic imine (C=N–C) groups is 1. The van der Waals surface area contributed by atoms with E-state index in [0.717, 1.165) is 53.6 Å². The van der Waals surface area contributed by atoms with E-state index >= 15 is 0 Å². The Balaban J connectivity index is 1.70. The number of para-hydroxylation sites is 2. The molecule has 2 amide bonds. The second-order valence-electron chi connectivity index (χ2n) is 9.55. The summed E-state index contributed by atoms with van der Waals surface area (Å²) in [4.78, 5) is 34.9. The molecule has 0 aromatic heterocycles. The van der Waals surface area contributed by atoms with Gasteiger partial charge in [-0.25, -0.2) is 4.99 Å². The Morgan fingerprint density at radius 1 is 0.857 bits per heavy atom. The summed E-state index contributed by atoms with van der Waals surface area (Å²) in [7, 11) is 0. The van der Waals surface area contributed by atoms with Crippen LogP contribution in [0.4, 0.5) is 11.4 Å². The summed E-state index contributed by atoms with van der Waals surface area (Å²) in [6, 6.07) is 22.4. The fraction of sp³-hybridized carbons (Fsp3) is 0.300. The van der Waals surface area contributed by atoms with E-state index < -0.39 is 6.04 Å². The van der Waals surface area contributed by atoms with Crippen LogP contribution >= 0.6 is 0 Å². The summed E-state index contributed by atoms with van der Waals surface area (Å²) in [5, 5.41) is 3.29. The number of aryl methyl sites for hydroxylation is 2. The Bertz CT molecular complexity index is 1260. The molecule has 5 heteroatoms. The molecule has 5 rings (SSSR count). The Morgan fingerprint density at radius 2 is 1.51 bits per heavy atom. The van der Waals surface area contributed by atoms with E-state index in [1.807, 2.05) is 86.6 Å². The normalized spacial score (nSPS) is 18.5. The van der Waals surface area contributed by atoms with Crippen molar-refractivity contribution >= 4 is 28.9 Å². The number of rotatable bonds is 4. The number of fused-ring (bicyclic) bond motifs is 1. The lowest BCUT2D eigenvalue weighted by Gasteiger charge is -2.34. The maximum absolute atomic E-state index is 14.3. The number of carbonyl (C=O) groups excluding carboxylic acids is 2. The van der Waals surface area contributed by atoms with Crippen LogP contribution in [-0.4, -0.2) is 23.6 Å². The molecule has 0 radical (unpaired) electrons. The molecule has 1 unspecified atom stereocenters. The summed E-state index contributed by atoms with van der Waals surface area (Å²) in [5.41, 5.74) is 5.12. The number of hydrogen-bond acceptors (Lipinski definition) is 3. The van der Waals surface area contributed by atoms with Crippen LogP contribution in [0.15, 0.2) is 77.8 Å². The van der Waals surface area contributed by atoms with Crippen molar-refractivity contribution in [3.8, 4) is 0 Å². The van der Waals surface area contributed by atoms with Gasteiger partial charge in [0.05, 0.1) is 11.4 Å². The van der Waals surface area contributed by atoms with E-state index in [0.29, 0.717) is 11.4 Å². The van der Waals surface area contributed by atoms with Gasteiger partial charge < -0.3 is 5.32 Å². The summed E-state index contributed by atoms with van der Waals surface area (Å²) in [5.74, 6) is -0.418. The van der Waals surface area contributed by atoms with Gasteiger partial charge in [0.2, 0.25) is 5.91 Å². The Labute approximate surface area is 206 Å². The van der Waals surface area contributed by atoms with Crippen molar-refractivity contribution in [1.82, 2.24) is 5.32 Å². The molecule has 2 aliphatic rings. The molecule has 1 fully saturated rings. The average molecular weight is 466 g/mol. The third kappa shape index (κ3) is 4.51. The molecule has 1 atom stereocenters. The quantitative estimate of drug-likeness (QED) is 0.517. The summed E-state index contributed by atoms with van der Waals surface area (Å²) >= 11 is 0. The predicted octanol–water partition coefficient (Wildman–Crippen LogP) is 5.96. The first kappa shape index (κ1) is 23.0. The molecule has 35 heavy (non-hydrogen) atoms. The Hall–Kier alpha value is -3.73. The average Bonchev–Trinajstić information content (AvgIpc) is 3.00. The number of nitrogens with one attached hydrogen (secondary N) is 1. The van der Waals surface area contributed by atoms with Crippen LogP contribution in [0.2, 0.25) is 0 Å². The molecule has 178 valence electrons. The van der Waals surface area contributed by atoms with Gasteiger partial charge in [0.1, 0.15) is 11.8 Å². The maximum atomic E-state index is 14.3. The number of anilines is 1. The zero-order valence-electron chi connectivity index (χ0n) is 20.3. The molecule has 1 N–H and O–H groups in total. The number of hydrogen-bond donors (Lipinski definition) is 1. The Kier molecular flexibility index (Phi) is 6.49. The highest BCUT2D eigenvalue weighted by molar-refractivity contribution is 6.50. The first-order valence-electron chi connectivity index (χ1n) is 12.5. The lowest BCUT2D eigenvalue weighted by molar-refractivity contribution is -0.125. The third-order valence-electron chi connectivity index (χ3n) is 7.07. The monoisotopic (exact) mass is 465 g/mol. The summed E-state index contributed by atoms with van der Waals surface area (Å²) < 4.78 is 0. The van der Waals surface area contributed by atoms with Gasteiger partial charge in [0.25, 0.3) is 5.91 Å². The van der Waals surface area contributed by atoms with E-state index in [4.69, 9.17) is 4.99 Å². The SMILES string of the molecule is Cc1cccc(C)c1N1C(=O)C(c2ccccc2)=Nc2ccccc2C1C(=O)NC1CCCCC1. The van der Waals surface area contributed by atoms with E-state index in [-0.39, 0.29) is 17.9 Å². The minimum Gasteiger partial charge on any atom is -0.351 e. The molecule has 1 saturated carbocycles. The fourth-order valence-corrected chi connectivity index (χ4v) is 5.35. The smallest absolute Gasteiger partial charge is 0.278 e. The first-order valence-corrected chi connectivity index (χ1v) is 12.5. The molecule has 1 aliphatic carbocycles. The molecule has 5 nitrogen and oxygen atoms in total. The zero-order valence-corrected chi connectivity index (χ0v) is 20.3. The second kappa shape index (κ2) is 9.87. The minimum atomic E-state index is -0.814. The van der Waals surface area contributed by atoms with Gasteiger partial charge in [-0.2, -0.15) is 0 Å². The van der Waals surface area contributed by atoms with Crippen LogP contribution in [0.1, 0.15) is 60.4 Å². The standard InChI is InChI=1S/C30H31N3O2/c1-20-12-11-13-21(2)27(20)33-28(29(34)31-23-16-7-4-8-17-23)24-18-9-10-19-25(24)32-26(30(33)35)22-14-5-3-6-15-22/h3,5-6,9-15,18-19,23,28H,4,7-8,16-17H2,1-2H3,(H,31,34). The highest BCUT2D eigenvalue weighted by Crippen LogP contribution is 2.40. The second-order valence-corrected chi connectivity index (χ2v) is 9.55. The molecule has 0 saturated heterocycles. The van der Waals surface area contributed by atoms with E-state index in [1.54, 1.807) is 4.90 Å². The van der Waals surface area contributed by atoms with Crippen LogP contribution in [0.5, 0.6) is 0 Å². The van der Waals surface area contributed by atoms with Crippen molar-refractivity contribution in [3.05, 3.63) is 95.1 Å². The van der Waals surface area contributed by atoms with Crippen LogP contribution in [0.25, 0.3) is 0 Å². The number of benzene rings is 3. The summed E-state index contributed by atoms with van der Waals surface area (Å²) in [6.45, 7) is 3.98.